The van der Waals surface area contributed by atoms with Crippen LogP contribution in [0.1, 0.15) is 29.2 Å². The number of aliphatic carboxylic acids is 2. The lowest BCUT2D eigenvalue weighted by atomic mass is 10.0. The summed E-state index contributed by atoms with van der Waals surface area (Å²) in [6, 6.07) is 19.7. The van der Waals surface area contributed by atoms with Gasteiger partial charge in [0, 0.05) is 24.2 Å². The van der Waals surface area contributed by atoms with Gasteiger partial charge in [-0.05, 0) is 59.9 Å². The van der Waals surface area contributed by atoms with Crippen LogP contribution in [0, 0.1) is 12.8 Å². The van der Waals surface area contributed by atoms with Crippen LogP contribution in [-0.2, 0) is 16.1 Å². The quantitative estimate of drug-likeness (QED) is 0.440. The fraction of sp³-hybridized carbons (Fsp3) is 0.240. The smallest absolute Gasteiger partial charge is 0.481 e. The van der Waals surface area contributed by atoms with Gasteiger partial charge in [-0.3, -0.25) is 4.79 Å². The molecule has 1 aliphatic rings. The molecule has 1 aliphatic carbocycles. The molecule has 10 heteroatoms. The number of nitrogens with two attached hydrogens (primary N) is 1. The Morgan fingerprint density at radius 1 is 1.06 bits per heavy atom. The molecule has 7 nitrogen and oxygen atoms in total. The van der Waals surface area contributed by atoms with Gasteiger partial charge in [-0.2, -0.15) is 13.2 Å². The first-order chi connectivity index (χ1) is 16.5. The number of carbonyl (C=O) groups is 2. The van der Waals surface area contributed by atoms with Gasteiger partial charge < -0.3 is 20.7 Å². The van der Waals surface area contributed by atoms with Crippen LogP contribution in [0.3, 0.4) is 0 Å². The number of aromatic nitrogens is 1. The Hall–Kier alpha value is -3.92. The van der Waals surface area contributed by atoms with Crippen molar-refractivity contribution in [2.45, 2.75) is 32.0 Å². The van der Waals surface area contributed by atoms with Crippen LogP contribution in [0.5, 0.6) is 11.6 Å². The summed E-state index contributed by atoms with van der Waals surface area (Å²) in [7, 11) is 0. The Kier molecular flexibility index (Phi) is 7.75. The zero-order valence-corrected chi connectivity index (χ0v) is 18.6. The number of ether oxygens (including phenoxy) is 1. The van der Waals surface area contributed by atoms with Gasteiger partial charge >= 0.3 is 18.1 Å². The number of nitrogens with zero attached hydrogens (tertiary/aromatic N) is 1. The van der Waals surface area contributed by atoms with Gasteiger partial charge in [0.25, 0.3) is 0 Å². The average Bonchev–Trinajstić information content (AvgIpc) is 3.60. The van der Waals surface area contributed by atoms with E-state index in [9.17, 15) is 18.0 Å². The Morgan fingerprint density at radius 2 is 1.74 bits per heavy atom. The fourth-order valence-electron chi connectivity index (χ4n) is 3.46. The first-order valence-electron chi connectivity index (χ1n) is 10.6. The lowest BCUT2D eigenvalue weighted by Gasteiger charge is -2.11. The first kappa shape index (κ1) is 25.7. The molecule has 0 radical (unpaired) electrons. The zero-order chi connectivity index (χ0) is 25.8. The van der Waals surface area contributed by atoms with Crippen molar-refractivity contribution in [3.8, 4) is 22.8 Å². The van der Waals surface area contributed by atoms with E-state index in [4.69, 9.17) is 25.5 Å². The lowest BCUT2D eigenvalue weighted by molar-refractivity contribution is -0.192. The van der Waals surface area contributed by atoms with Crippen molar-refractivity contribution in [1.82, 2.24) is 4.98 Å². The number of pyridine rings is 1. The number of aryl methyl sites for hydroxylation is 1. The Balaban J connectivity index is 0.000000429. The topological polar surface area (TPSA) is 123 Å². The van der Waals surface area contributed by atoms with E-state index < -0.39 is 18.1 Å². The summed E-state index contributed by atoms with van der Waals surface area (Å²) < 4.78 is 37.7. The molecule has 2 aromatic carbocycles. The third-order valence-electron chi connectivity index (χ3n) is 5.24. The van der Waals surface area contributed by atoms with Crippen LogP contribution in [0.4, 0.5) is 13.2 Å². The van der Waals surface area contributed by atoms with Crippen LogP contribution in [0.2, 0.25) is 0 Å². The van der Waals surface area contributed by atoms with E-state index in [0.717, 1.165) is 27.9 Å². The normalized spacial score (nSPS) is 16.6. The molecule has 1 heterocycles. The number of hydrogen-bond donors (Lipinski definition) is 3. The highest BCUT2D eigenvalue weighted by atomic mass is 19.4. The fourth-order valence-corrected chi connectivity index (χ4v) is 3.46. The van der Waals surface area contributed by atoms with E-state index in [0.29, 0.717) is 24.6 Å². The second-order valence-corrected chi connectivity index (χ2v) is 8.03. The summed E-state index contributed by atoms with van der Waals surface area (Å²) in [5.41, 5.74) is 10.8. The van der Waals surface area contributed by atoms with Crippen LogP contribution >= 0.6 is 0 Å². The van der Waals surface area contributed by atoms with Crippen LogP contribution in [-0.4, -0.2) is 33.3 Å². The summed E-state index contributed by atoms with van der Waals surface area (Å²) in [4.78, 5) is 24.5. The average molecular weight is 488 g/mol. The lowest BCUT2D eigenvalue weighted by Crippen LogP contribution is -2.21. The van der Waals surface area contributed by atoms with E-state index in [2.05, 4.69) is 23.2 Å². The zero-order valence-electron chi connectivity index (χ0n) is 18.6. The number of carboxylic acids is 2. The molecular formula is C25H23F3N2O5. The maximum atomic E-state index is 11.1. The van der Waals surface area contributed by atoms with Crippen LogP contribution in [0.25, 0.3) is 11.1 Å². The van der Waals surface area contributed by atoms with Crippen LogP contribution in [0.15, 0.2) is 60.7 Å². The summed E-state index contributed by atoms with van der Waals surface area (Å²) >= 11 is 0. The van der Waals surface area contributed by atoms with Gasteiger partial charge in [0.05, 0.1) is 5.92 Å². The summed E-state index contributed by atoms with van der Waals surface area (Å²) in [5, 5.41) is 16.3. The maximum Gasteiger partial charge on any atom is 0.490 e. The van der Waals surface area contributed by atoms with Gasteiger partial charge in [0.15, 0.2) is 0 Å². The molecule has 0 unspecified atom stereocenters. The molecule has 0 spiro atoms. The second-order valence-electron chi connectivity index (χ2n) is 8.03. The molecule has 2 atom stereocenters. The number of hydrogen-bond acceptors (Lipinski definition) is 5. The van der Waals surface area contributed by atoms with Gasteiger partial charge in [-0.25, -0.2) is 9.78 Å². The molecular weight excluding hydrogens is 465 g/mol. The van der Waals surface area contributed by atoms with Crippen molar-refractivity contribution >= 4 is 11.9 Å². The monoisotopic (exact) mass is 488 g/mol. The van der Waals surface area contributed by atoms with Crippen molar-refractivity contribution in [1.29, 1.82) is 0 Å². The van der Waals surface area contributed by atoms with E-state index >= 15 is 0 Å². The summed E-state index contributed by atoms with van der Waals surface area (Å²) in [6.07, 6.45) is -4.45. The second kappa shape index (κ2) is 10.6. The van der Waals surface area contributed by atoms with Crippen molar-refractivity contribution in [3.63, 3.8) is 0 Å². The molecule has 3 aromatic rings. The third kappa shape index (κ3) is 7.03. The SMILES string of the molecule is Cc1cc(Oc2cccc([C@@H]3C[C@H]3C(=O)O)n2)cc(-c2cccc(CN)c2)c1.O=C(O)C(F)(F)F. The van der Waals surface area contributed by atoms with E-state index in [-0.39, 0.29) is 11.8 Å². The Bertz CT molecular complexity index is 1230. The summed E-state index contributed by atoms with van der Waals surface area (Å²) in [6.45, 7) is 2.52. The number of alkyl halides is 3. The molecule has 35 heavy (non-hydrogen) atoms. The molecule has 0 bridgehead atoms. The first-order valence-corrected chi connectivity index (χ1v) is 10.6. The van der Waals surface area contributed by atoms with E-state index in [1.54, 1.807) is 6.07 Å². The molecule has 4 rings (SSSR count). The maximum absolute atomic E-state index is 11.1. The van der Waals surface area contributed by atoms with Gasteiger partial charge in [0.2, 0.25) is 5.88 Å². The van der Waals surface area contributed by atoms with Crippen molar-refractivity contribution in [3.05, 3.63) is 77.5 Å². The molecule has 1 aromatic heterocycles. The Morgan fingerprint density at radius 3 is 2.34 bits per heavy atom. The van der Waals surface area contributed by atoms with Gasteiger partial charge in [0.1, 0.15) is 5.75 Å². The highest BCUT2D eigenvalue weighted by Gasteiger charge is 2.45. The number of benzene rings is 2. The molecule has 0 amide bonds. The van der Waals surface area contributed by atoms with Gasteiger partial charge in [-0.1, -0.05) is 30.3 Å². The van der Waals surface area contributed by atoms with Gasteiger partial charge in [-0.15, -0.1) is 0 Å². The van der Waals surface area contributed by atoms with E-state index in [1.165, 1.54) is 0 Å². The predicted octanol–water partition coefficient (Wildman–Crippen LogP) is 5.13. The Labute approximate surface area is 199 Å². The molecule has 4 N–H and O–H groups in total. The van der Waals surface area contributed by atoms with Crippen LogP contribution < -0.4 is 10.5 Å². The van der Waals surface area contributed by atoms with E-state index in [1.807, 2.05) is 43.3 Å². The minimum absolute atomic E-state index is 0.0203. The standard InChI is InChI=1S/C23H22N2O3.C2HF3O2/c1-14-8-17(16-5-2-4-15(10-16)13-24)11-18(9-14)28-22-7-3-6-21(25-22)19-12-20(19)23(26)27;3-2(4,5)1(6)7/h2-11,19-20H,12-13,24H2,1H3,(H,26,27);(H,6,7)/t19-,20-;/m1./s1. The third-order valence-corrected chi connectivity index (χ3v) is 5.24. The molecule has 0 aliphatic heterocycles. The van der Waals surface area contributed by atoms with Crippen molar-refractivity contribution in [2.24, 2.45) is 11.7 Å². The molecule has 1 saturated carbocycles. The highest BCUT2D eigenvalue weighted by molar-refractivity contribution is 5.75. The van der Waals surface area contributed by atoms with Crippen molar-refractivity contribution in [2.75, 3.05) is 0 Å². The minimum atomic E-state index is -5.08. The van der Waals surface area contributed by atoms with Crippen molar-refractivity contribution < 1.29 is 37.7 Å². The number of halogens is 3. The minimum Gasteiger partial charge on any atom is -0.481 e. The molecule has 184 valence electrons. The number of carboxylic acid groups (broad SMARTS) is 2. The molecule has 1 fully saturated rings. The number of rotatable bonds is 6. The highest BCUT2D eigenvalue weighted by Crippen LogP contribution is 2.47. The largest absolute Gasteiger partial charge is 0.490 e. The molecule has 0 saturated heterocycles. The summed E-state index contributed by atoms with van der Waals surface area (Å²) in [5.74, 6) is -2.70. The predicted molar refractivity (Wildman–Crippen MR) is 121 cm³/mol.